The van der Waals surface area contributed by atoms with Gasteiger partial charge in [-0.2, -0.15) is 10.1 Å². The van der Waals surface area contributed by atoms with Crippen LogP contribution >= 0.6 is 0 Å². The van der Waals surface area contributed by atoms with Gasteiger partial charge in [0, 0.05) is 37.4 Å². The lowest BCUT2D eigenvalue weighted by Gasteiger charge is -2.31. The highest BCUT2D eigenvalue weighted by atomic mass is 16.5. The van der Waals surface area contributed by atoms with Gasteiger partial charge in [-0.1, -0.05) is 30.3 Å². The number of hydrogen-bond acceptors (Lipinski definition) is 6. The summed E-state index contributed by atoms with van der Waals surface area (Å²) < 4.78 is 7.18. The van der Waals surface area contributed by atoms with Gasteiger partial charge in [0.2, 0.25) is 5.91 Å². The second-order valence-electron chi connectivity index (χ2n) is 7.68. The summed E-state index contributed by atoms with van der Waals surface area (Å²) >= 11 is 0. The number of nitrogens with one attached hydrogen (secondary N) is 1. The molecular formula is C22H28N6O2. The first-order chi connectivity index (χ1) is 14.6. The van der Waals surface area contributed by atoms with E-state index in [1.54, 1.807) is 4.52 Å². The molecule has 1 amide bonds. The molecule has 1 aromatic carbocycles. The zero-order chi connectivity index (χ0) is 20.9. The number of ether oxygens (including phenoxy) is 1. The van der Waals surface area contributed by atoms with Crippen molar-refractivity contribution < 1.29 is 9.53 Å². The summed E-state index contributed by atoms with van der Waals surface area (Å²) in [6, 6.07) is 10.1. The molecule has 0 bridgehead atoms. The Kier molecular flexibility index (Phi) is 6.35. The second-order valence-corrected chi connectivity index (χ2v) is 7.68. The first-order valence-corrected chi connectivity index (χ1v) is 10.4. The first kappa shape index (κ1) is 20.4. The molecule has 1 fully saturated rings. The summed E-state index contributed by atoms with van der Waals surface area (Å²) in [5.74, 6) is 0.627. The SMILES string of the molecule is Cc1nc2ncnn2c(C)c1CCC(=O)N[C@H](CN1CCOCC1)c1ccccc1. The van der Waals surface area contributed by atoms with Crippen LogP contribution in [0, 0.1) is 13.8 Å². The third kappa shape index (κ3) is 4.66. The van der Waals surface area contributed by atoms with E-state index in [0.29, 0.717) is 18.6 Å². The van der Waals surface area contributed by atoms with Gasteiger partial charge < -0.3 is 10.1 Å². The number of rotatable bonds is 7. The minimum atomic E-state index is -0.0464. The van der Waals surface area contributed by atoms with Crippen molar-refractivity contribution >= 4 is 11.7 Å². The van der Waals surface area contributed by atoms with Crippen molar-refractivity contribution in [3.8, 4) is 0 Å². The van der Waals surface area contributed by atoms with E-state index in [4.69, 9.17) is 4.74 Å². The minimum absolute atomic E-state index is 0.0367. The standard InChI is InChI=1S/C22H28N6O2/c1-16-19(17(2)28-22(25-16)23-15-24-28)8-9-21(29)26-20(18-6-4-3-5-7-18)14-27-10-12-30-13-11-27/h3-7,15,20H,8-14H2,1-2H3,(H,26,29)/t20-/m1/s1. The molecule has 1 N–H and O–H groups in total. The molecule has 1 aliphatic heterocycles. The molecule has 0 aliphatic carbocycles. The number of aryl methyl sites for hydroxylation is 2. The Hall–Kier alpha value is -2.84. The Morgan fingerprint density at radius 2 is 1.97 bits per heavy atom. The molecule has 1 aliphatic rings. The Balaban J connectivity index is 1.43. The fraction of sp³-hybridized carbons (Fsp3) is 0.455. The number of morpholine rings is 1. The van der Waals surface area contributed by atoms with Crippen molar-refractivity contribution in [3.63, 3.8) is 0 Å². The molecule has 1 atom stereocenters. The van der Waals surface area contributed by atoms with Gasteiger partial charge in [-0.3, -0.25) is 9.69 Å². The van der Waals surface area contributed by atoms with Crippen molar-refractivity contribution in [3.05, 3.63) is 59.2 Å². The van der Waals surface area contributed by atoms with Crippen LogP contribution in [-0.2, 0) is 16.0 Å². The van der Waals surface area contributed by atoms with Gasteiger partial charge in [0.1, 0.15) is 6.33 Å². The number of hydrogen-bond donors (Lipinski definition) is 1. The second kappa shape index (κ2) is 9.32. The maximum Gasteiger partial charge on any atom is 0.252 e. The monoisotopic (exact) mass is 408 g/mol. The van der Waals surface area contributed by atoms with Crippen LogP contribution in [-0.4, -0.2) is 63.2 Å². The number of nitrogens with zero attached hydrogens (tertiary/aromatic N) is 5. The van der Waals surface area contributed by atoms with Gasteiger partial charge >= 0.3 is 0 Å². The Morgan fingerprint density at radius 3 is 2.73 bits per heavy atom. The van der Waals surface area contributed by atoms with Gasteiger partial charge in [-0.05, 0) is 31.4 Å². The van der Waals surface area contributed by atoms with Crippen molar-refractivity contribution in [2.24, 2.45) is 0 Å². The van der Waals surface area contributed by atoms with Crippen LogP contribution in [0.2, 0.25) is 0 Å². The van der Waals surface area contributed by atoms with Crippen LogP contribution in [0.5, 0.6) is 0 Å². The van der Waals surface area contributed by atoms with Crippen molar-refractivity contribution in [1.29, 1.82) is 0 Å². The Labute approximate surface area is 176 Å². The molecule has 0 unspecified atom stereocenters. The zero-order valence-corrected chi connectivity index (χ0v) is 17.5. The number of benzene rings is 1. The van der Waals surface area contributed by atoms with Gasteiger partial charge in [0.05, 0.1) is 19.3 Å². The molecule has 3 aromatic rings. The van der Waals surface area contributed by atoms with E-state index in [-0.39, 0.29) is 11.9 Å². The van der Waals surface area contributed by atoms with Crippen LogP contribution in [0.25, 0.3) is 5.78 Å². The van der Waals surface area contributed by atoms with E-state index >= 15 is 0 Å². The van der Waals surface area contributed by atoms with Crippen LogP contribution in [0.15, 0.2) is 36.7 Å². The van der Waals surface area contributed by atoms with E-state index in [1.165, 1.54) is 6.33 Å². The van der Waals surface area contributed by atoms with Crippen molar-refractivity contribution in [2.75, 3.05) is 32.8 Å². The van der Waals surface area contributed by atoms with E-state index in [1.807, 2.05) is 32.0 Å². The van der Waals surface area contributed by atoms with Crippen molar-refractivity contribution in [2.45, 2.75) is 32.7 Å². The largest absolute Gasteiger partial charge is 0.379 e. The molecule has 2 aromatic heterocycles. The predicted octanol–water partition coefficient (Wildman–Crippen LogP) is 1.86. The molecule has 0 radical (unpaired) electrons. The molecule has 0 spiro atoms. The number of carbonyl (C=O) groups is 1. The van der Waals surface area contributed by atoms with Crippen molar-refractivity contribution in [1.82, 2.24) is 29.8 Å². The highest BCUT2D eigenvalue weighted by Gasteiger charge is 2.20. The maximum absolute atomic E-state index is 12.9. The average Bonchev–Trinajstić information content (AvgIpc) is 3.23. The summed E-state index contributed by atoms with van der Waals surface area (Å²) in [5, 5.41) is 7.47. The highest BCUT2D eigenvalue weighted by molar-refractivity contribution is 5.76. The lowest BCUT2D eigenvalue weighted by molar-refractivity contribution is -0.122. The third-order valence-electron chi connectivity index (χ3n) is 5.67. The van der Waals surface area contributed by atoms with Gasteiger partial charge in [0.25, 0.3) is 5.78 Å². The Morgan fingerprint density at radius 1 is 1.20 bits per heavy atom. The predicted molar refractivity (Wildman–Crippen MR) is 113 cm³/mol. The van der Waals surface area contributed by atoms with E-state index in [0.717, 1.165) is 55.4 Å². The summed E-state index contributed by atoms with van der Waals surface area (Å²) in [6.07, 6.45) is 2.52. The maximum atomic E-state index is 12.9. The van der Waals surface area contributed by atoms with Crippen LogP contribution in [0.3, 0.4) is 0 Å². The third-order valence-corrected chi connectivity index (χ3v) is 5.67. The smallest absolute Gasteiger partial charge is 0.252 e. The van der Waals surface area contributed by atoms with E-state index in [2.05, 4.69) is 37.4 Å². The summed E-state index contributed by atoms with van der Waals surface area (Å²) in [5.41, 5.74) is 4.05. The molecule has 1 saturated heterocycles. The summed E-state index contributed by atoms with van der Waals surface area (Å²) in [4.78, 5) is 23.9. The molecule has 3 heterocycles. The lowest BCUT2D eigenvalue weighted by atomic mass is 10.0. The highest BCUT2D eigenvalue weighted by Crippen LogP contribution is 2.18. The summed E-state index contributed by atoms with van der Waals surface area (Å²) in [7, 11) is 0. The van der Waals surface area contributed by atoms with Crippen LogP contribution < -0.4 is 5.32 Å². The normalized spacial score (nSPS) is 15.9. The fourth-order valence-electron chi connectivity index (χ4n) is 3.98. The lowest BCUT2D eigenvalue weighted by Crippen LogP contribution is -2.43. The quantitative estimate of drug-likeness (QED) is 0.642. The number of fused-ring (bicyclic) bond motifs is 1. The molecular weight excluding hydrogens is 380 g/mol. The molecule has 158 valence electrons. The van der Waals surface area contributed by atoms with Gasteiger partial charge in [-0.25, -0.2) is 9.50 Å². The first-order valence-electron chi connectivity index (χ1n) is 10.4. The topological polar surface area (TPSA) is 84.6 Å². The molecule has 30 heavy (non-hydrogen) atoms. The number of amides is 1. The van der Waals surface area contributed by atoms with Crippen LogP contribution in [0.1, 0.15) is 35.0 Å². The molecule has 0 saturated carbocycles. The fourth-order valence-corrected chi connectivity index (χ4v) is 3.98. The van der Waals surface area contributed by atoms with E-state index in [9.17, 15) is 4.79 Å². The number of aromatic nitrogens is 4. The van der Waals surface area contributed by atoms with Gasteiger partial charge in [-0.15, -0.1) is 0 Å². The minimum Gasteiger partial charge on any atom is -0.379 e. The van der Waals surface area contributed by atoms with Gasteiger partial charge in [0.15, 0.2) is 0 Å². The molecule has 8 nitrogen and oxygen atoms in total. The average molecular weight is 409 g/mol. The zero-order valence-electron chi connectivity index (χ0n) is 17.5. The Bertz CT molecular complexity index is 998. The summed E-state index contributed by atoms with van der Waals surface area (Å²) in [6.45, 7) is 8.00. The number of carbonyl (C=O) groups excluding carboxylic acids is 1. The van der Waals surface area contributed by atoms with Crippen LogP contribution in [0.4, 0.5) is 0 Å². The van der Waals surface area contributed by atoms with E-state index < -0.39 is 0 Å². The molecule has 8 heteroatoms. The molecule has 4 rings (SSSR count).